The Kier molecular flexibility index (Phi) is 11.1. The van der Waals surface area contributed by atoms with Crippen molar-refractivity contribution in [1.29, 1.82) is 0 Å². The highest BCUT2D eigenvalue weighted by Crippen LogP contribution is 2.35. The molecule has 1 heterocycles. The standard InChI is InChI=1S/C23H38N4O2S.HI/c1-3-17-30(28,29)27-15-13-22(14-16-27)26-23(24-2)25-18-19-9-11-21(12-10-19)20-7-5-4-6-8-20;/h4-8,19,21-22H,3,9-18H2,1-2H3,(H2,24,25,26);1H. The molecule has 0 bridgehead atoms. The highest BCUT2D eigenvalue weighted by atomic mass is 127. The number of rotatable bonds is 7. The van der Waals surface area contributed by atoms with Crippen molar-refractivity contribution in [3.8, 4) is 0 Å². The Morgan fingerprint density at radius 1 is 1.06 bits per heavy atom. The van der Waals surface area contributed by atoms with E-state index in [0.29, 0.717) is 31.3 Å². The van der Waals surface area contributed by atoms with Gasteiger partial charge in [-0.3, -0.25) is 4.99 Å². The quantitative estimate of drug-likeness (QED) is 0.300. The second-order valence-corrected chi connectivity index (χ2v) is 10.8. The first-order chi connectivity index (χ1) is 14.5. The summed E-state index contributed by atoms with van der Waals surface area (Å²) in [5.74, 6) is 2.48. The Bertz CT molecular complexity index is 772. The molecule has 0 aromatic heterocycles. The van der Waals surface area contributed by atoms with Gasteiger partial charge in [-0.1, -0.05) is 37.3 Å². The average molecular weight is 563 g/mol. The van der Waals surface area contributed by atoms with Crippen molar-refractivity contribution in [2.45, 2.75) is 63.8 Å². The molecule has 1 aliphatic carbocycles. The van der Waals surface area contributed by atoms with Crippen LogP contribution >= 0.6 is 24.0 Å². The summed E-state index contributed by atoms with van der Waals surface area (Å²) in [6.07, 6.45) is 7.33. The number of nitrogens with one attached hydrogen (secondary N) is 2. The molecule has 176 valence electrons. The first-order valence-electron chi connectivity index (χ1n) is 11.5. The molecule has 31 heavy (non-hydrogen) atoms. The predicted octanol–water partition coefficient (Wildman–Crippen LogP) is 3.95. The van der Waals surface area contributed by atoms with E-state index in [1.54, 1.807) is 4.31 Å². The van der Waals surface area contributed by atoms with Crippen LogP contribution in [0.5, 0.6) is 0 Å². The minimum atomic E-state index is -3.08. The fourth-order valence-corrected chi connectivity index (χ4v) is 6.26. The number of aliphatic imine (C=N–C) groups is 1. The smallest absolute Gasteiger partial charge is 0.214 e. The molecular weight excluding hydrogens is 523 g/mol. The van der Waals surface area contributed by atoms with Crippen LogP contribution in [0, 0.1) is 5.92 Å². The Morgan fingerprint density at radius 2 is 1.71 bits per heavy atom. The van der Waals surface area contributed by atoms with Gasteiger partial charge in [0.2, 0.25) is 10.0 Å². The number of guanidine groups is 1. The van der Waals surface area contributed by atoms with Crippen LogP contribution < -0.4 is 10.6 Å². The molecule has 2 N–H and O–H groups in total. The van der Waals surface area contributed by atoms with E-state index >= 15 is 0 Å². The summed E-state index contributed by atoms with van der Waals surface area (Å²) in [6.45, 7) is 4.06. The van der Waals surface area contributed by atoms with E-state index < -0.39 is 10.0 Å². The van der Waals surface area contributed by atoms with Crippen LogP contribution in [-0.2, 0) is 10.0 Å². The van der Waals surface area contributed by atoms with Crippen molar-refractivity contribution in [2.75, 3.05) is 32.4 Å². The van der Waals surface area contributed by atoms with Gasteiger partial charge >= 0.3 is 0 Å². The third kappa shape index (κ3) is 7.89. The molecule has 1 saturated carbocycles. The summed E-state index contributed by atoms with van der Waals surface area (Å²) in [5, 5.41) is 7.01. The molecule has 2 fully saturated rings. The summed E-state index contributed by atoms with van der Waals surface area (Å²) < 4.78 is 26.1. The van der Waals surface area contributed by atoms with E-state index in [1.165, 1.54) is 31.2 Å². The summed E-state index contributed by atoms with van der Waals surface area (Å²) in [7, 11) is -1.27. The maximum absolute atomic E-state index is 12.2. The van der Waals surface area contributed by atoms with Gasteiger partial charge in [-0.25, -0.2) is 12.7 Å². The molecule has 8 heteroatoms. The lowest BCUT2D eigenvalue weighted by Gasteiger charge is -2.33. The highest BCUT2D eigenvalue weighted by molar-refractivity contribution is 14.0. The molecule has 0 atom stereocenters. The lowest BCUT2D eigenvalue weighted by molar-refractivity contribution is 0.303. The van der Waals surface area contributed by atoms with Gasteiger partial charge in [-0.05, 0) is 62.3 Å². The van der Waals surface area contributed by atoms with E-state index in [4.69, 9.17) is 0 Å². The number of benzene rings is 1. The fourth-order valence-electron chi connectivity index (χ4n) is 4.72. The lowest BCUT2D eigenvalue weighted by Crippen LogP contribution is -2.50. The number of sulfonamides is 1. The first-order valence-corrected chi connectivity index (χ1v) is 13.1. The van der Waals surface area contributed by atoms with E-state index in [0.717, 1.165) is 25.3 Å². The number of halogens is 1. The van der Waals surface area contributed by atoms with E-state index in [-0.39, 0.29) is 35.8 Å². The number of nitrogens with zero attached hydrogens (tertiary/aromatic N) is 2. The van der Waals surface area contributed by atoms with Crippen LogP contribution in [0.25, 0.3) is 0 Å². The van der Waals surface area contributed by atoms with Crippen LogP contribution in [-0.4, -0.2) is 57.2 Å². The molecule has 1 aromatic carbocycles. The number of piperidine rings is 1. The maximum Gasteiger partial charge on any atom is 0.214 e. The minimum absolute atomic E-state index is 0. The summed E-state index contributed by atoms with van der Waals surface area (Å²) in [6, 6.07) is 11.2. The Balaban J connectivity index is 0.00000341. The topological polar surface area (TPSA) is 73.8 Å². The third-order valence-electron chi connectivity index (χ3n) is 6.55. The predicted molar refractivity (Wildman–Crippen MR) is 140 cm³/mol. The lowest BCUT2D eigenvalue weighted by atomic mass is 9.79. The van der Waals surface area contributed by atoms with Crippen LogP contribution in [0.3, 0.4) is 0 Å². The zero-order chi connectivity index (χ0) is 21.4. The largest absolute Gasteiger partial charge is 0.356 e. The Morgan fingerprint density at radius 3 is 2.29 bits per heavy atom. The van der Waals surface area contributed by atoms with Crippen LogP contribution in [0.2, 0.25) is 0 Å². The van der Waals surface area contributed by atoms with Crippen molar-refractivity contribution in [2.24, 2.45) is 10.9 Å². The maximum atomic E-state index is 12.2. The van der Waals surface area contributed by atoms with E-state index in [1.807, 2.05) is 14.0 Å². The van der Waals surface area contributed by atoms with Crippen molar-refractivity contribution < 1.29 is 8.42 Å². The molecule has 0 radical (unpaired) electrons. The van der Waals surface area contributed by atoms with Crippen LogP contribution in [0.4, 0.5) is 0 Å². The molecule has 1 aliphatic heterocycles. The van der Waals surface area contributed by atoms with Gasteiger partial charge in [0.05, 0.1) is 5.75 Å². The number of hydrogen-bond donors (Lipinski definition) is 2. The van der Waals surface area contributed by atoms with Gasteiger partial charge < -0.3 is 10.6 Å². The summed E-state index contributed by atoms with van der Waals surface area (Å²) >= 11 is 0. The first kappa shape index (κ1) is 26.4. The second kappa shape index (κ2) is 13.0. The van der Waals surface area contributed by atoms with E-state index in [2.05, 4.69) is 46.0 Å². The monoisotopic (exact) mass is 562 g/mol. The van der Waals surface area contributed by atoms with Crippen molar-refractivity contribution in [1.82, 2.24) is 14.9 Å². The molecule has 1 aromatic rings. The Hall–Kier alpha value is -0.870. The van der Waals surface area contributed by atoms with E-state index in [9.17, 15) is 8.42 Å². The van der Waals surface area contributed by atoms with Crippen molar-refractivity contribution >= 4 is 40.0 Å². The third-order valence-corrected chi connectivity index (χ3v) is 8.63. The van der Waals surface area contributed by atoms with Gasteiger partial charge in [-0.2, -0.15) is 0 Å². The van der Waals surface area contributed by atoms with Crippen LogP contribution in [0.15, 0.2) is 35.3 Å². The molecule has 0 amide bonds. The normalized spacial score (nSPS) is 23.7. The number of hydrogen-bond acceptors (Lipinski definition) is 3. The molecular formula is C23H39IN4O2S. The molecule has 2 aliphatic rings. The highest BCUT2D eigenvalue weighted by Gasteiger charge is 2.28. The molecule has 0 spiro atoms. The average Bonchev–Trinajstić information content (AvgIpc) is 2.78. The van der Waals surface area contributed by atoms with Crippen LogP contribution in [0.1, 0.15) is 63.4 Å². The molecule has 6 nitrogen and oxygen atoms in total. The molecule has 3 rings (SSSR count). The summed E-state index contributed by atoms with van der Waals surface area (Å²) in [5.41, 5.74) is 1.48. The van der Waals surface area contributed by atoms with Crippen molar-refractivity contribution in [3.05, 3.63) is 35.9 Å². The zero-order valence-electron chi connectivity index (χ0n) is 18.9. The minimum Gasteiger partial charge on any atom is -0.356 e. The zero-order valence-corrected chi connectivity index (χ0v) is 22.1. The molecule has 0 unspecified atom stereocenters. The van der Waals surface area contributed by atoms with Gasteiger partial charge in [0.1, 0.15) is 0 Å². The van der Waals surface area contributed by atoms with Gasteiger partial charge in [0.15, 0.2) is 5.96 Å². The fraction of sp³-hybridized carbons (Fsp3) is 0.696. The SMILES string of the molecule is CCCS(=O)(=O)N1CCC(NC(=NC)NCC2CCC(c3ccccc3)CC2)CC1.I. The summed E-state index contributed by atoms with van der Waals surface area (Å²) in [4.78, 5) is 4.39. The van der Waals surface area contributed by atoms with Gasteiger partial charge in [-0.15, -0.1) is 24.0 Å². The Labute approximate surface area is 205 Å². The second-order valence-electron chi connectivity index (χ2n) is 8.72. The van der Waals surface area contributed by atoms with Gasteiger partial charge in [0, 0.05) is 32.7 Å². The molecule has 1 saturated heterocycles. The van der Waals surface area contributed by atoms with Crippen molar-refractivity contribution in [3.63, 3.8) is 0 Å². The van der Waals surface area contributed by atoms with Gasteiger partial charge in [0.25, 0.3) is 0 Å².